The maximum absolute atomic E-state index is 13.1. The van der Waals surface area contributed by atoms with Gasteiger partial charge < -0.3 is 10.1 Å². The van der Waals surface area contributed by atoms with Gasteiger partial charge in [0.05, 0.1) is 12.7 Å². The summed E-state index contributed by atoms with van der Waals surface area (Å²) in [6.45, 7) is 2.90. The third-order valence-corrected chi connectivity index (χ3v) is 8.32. The summed E-state index contributed by atoms with van der Waals surface area (Å²) in [4.78, 5) is 13.1. The van der Waals surface area contributed by atoms with Crippen molar-refractivity contribution in [1.29, 1.82) is 0 Å². The van der Waals surface area contributed by atoms with Gasteiger partial charge in [0.2, 0.25) is 5.91 Å². The molecule has 1 unspecified atom stereocenters. The molecule has 0 aromatic heterocycles. The monoisotopic (exact) mass is 403 g/mol. The second-order valence-electron chi connectivity index (χ2n) is 9.53. The van der Waals surface area contributed by atoms with Crippen LogP contribution in [0, 0.1) is 11.3 Å². The highest BCUT2D eigenvalue weighted by Gasteiger charge is 2.51. The number of hydrogen-bond acceptors (Lipinski definition) is 2. The van der Waals surface area contributed by atoms with Gasteiger partial charge in [-0.2, -0.15) is 0 Å². The van der Waals surface area contributed by atoms with Crippen molar-refractivity contribution >= 4 is 17.5 Å². The van der Waals surface area contributed by atoms with Gasteiger partial charge in [-0.05, 0) is 82.6 Å². The van der Waals surface area contributed by atoms with E-state index in [0.29, 0.717) is 24.5 Å². The smallest absolute Gasteiger partial charge is 0.226 e. The molecule has 1 atom stereocenters. The van der Waals surface area contributed by atoms with Crippen LogP contribution in [0.1, 0.15) is 76.7 Å². The largest absolute Gasteiger partial charge is 0.374 e. The first-order valence-electron chi connectivity index (χ1n) is 11.1. The Balaban J connectivity index is 1.22. The molecule has 0 radical (unpaired) electrons. The van der Waals surface area contributed by atoms with Crippen LogP contribution in [0.3, 0.4) is 0 Å². The Bertz CT molecular complexity index is 644. The van der Waals surface area contributed by atoms with Crippen LogP contribution in [0.4, 0.5) is 0 Å². The summed E-state index contributed by atoms with van der Waals surface area (Å²) in [5, 5.41) is 3.40. The van der Waals surface area contributed by atoms with E-state index in [2.05, 4.69) is 36.5 Å². The predicted molar refractivity (Wildman–Crippen MR) is 113 cm³/mol. The van der Waals surface area contributed by atoms with Gasteiger partial charge in [-0.25, -0.2) is 0 Å². The fraction of sp³-hybridized carbons (Fsp3) is 0.708. The lowest BCUT2D eigenvalue weighted by atomic mass is 9.60. The van der Waals surface area contributed by atoms with Crippen LogP contribution in [-0.4, -0.2) is 22.9 Å². The molecule has 0 saturated heterocycles. The van der Waals surface area contributed by atoms with E-state index >= 15 is 0 Å². The Morgan fingerprint density at radius 3 is 2.29 bits per heavy atom. The van der Waals surface area contributed by atoms with Gasteiger partial charge in [-0.15, -0.1) is 11.6 Å². The average molecular weight is 404 g/mol. The van der Waals surface area contributed by atoms with Crippen molar-refractivity contribution in [2.45, 2.75) is 94.8 Å². The van der Waals surface area contributed by atoms with Crippen LogP contribution >= 0.6 is 11.6 Å². The molecular formula is C24H34ClNO2. The van der Waals surface area contributed by atoms with Gasteiger partial charge in [0.15, 0.2) is 0 Å². The zero-order valence-corrected chi connectivity index (χ0v) is 17.8. The molecule has 3 nitrogen and oxygen atoms in total. The number of carbonyl (C=O) groups is 1. The molecule has 1 N–H and O–H groups in total. The number of fused-ring (bicyclic) bond motifs is 3. The van der Waals surface area contributed by atoms with Crippen molar-refractivity contribution in [2.75, 3.05) is 0 Å². The Hall–Kier alpha value is -1.06. The number of nitrogens with one attached hydrogen (secondary N) is 1. The van der Waals surface area contributed by atoms with Crippen LogP contribution in [0.5, 0.6) is 0 Å². The van der Waals surface area contributed by atoms with Crippen LogP contribution in [-0.2, 0) is 16.1 Å². The number of carbonyl (C=O) groups excluding carboxylic acids is 1. The number of rotatable bonds is 6. The molecule has 4 fully saturated rings. The van der Waals surface area contributed by atoms with Crippen molar-refractivity contribution in [3.05, 3.63) is 35.9 Å². The third-order valence-electron chi connectivity index (χ3n) is 7.75. The summed E-state index contributed by atoms with van der Waals surface area (Å²) >= 11 is 6.63. The van der Waals surface area contributed by atoms with Crippen molar-refractivity contribution in [2.24, 2.45) is 11.3 Å². The van der Waals surface area contributed by atoms with Crippen LogP contribution in [0.2, 0.25) is 0 Å². The van der Waals surface area contributed by atoms with Gasteiger partial charge in [-0.3, -0.25) is 4.79 Å². The summed E-state index contributed by atoms with van der Waals surface area (Å²) in [5.41, 5.74) is 1.10. The Kier molecular flexibility index (Phi) is 6.04. The molecule has 4 aliphatic carbocycles. The lowest BCUT2D eigenvalue weighted by molar-refractivity contribution is -0.137. The highest BCUT2D eigenvalue weighted by molar-refractivity contribution is 6.24. The molecule has 1 aromatic rings. The molecule has 0 spiro atoms. The van der Waals surface area contributed by atoms with E-state index in [4.69, 9.17) is 16.3 Å². The number of alkyl halides is 1. The minimum Gasteiger partial charge on any atom is -0.374 e. The maximum Gasteiger partial charge on any atom is 0.226 e. The quantitative estimate of drug-likeness (QED) is 0.628. The zero-order valence-electron chi connectivity index (χ0n) is 17.1. The van der Waals surface area contributed by atoms with Gasteiger partial charge in [0.1, 0.15) is 0 Å². The minimum absolute atomic E-state index is 0.00816. The predicted octanol–water partition coefficient (Wildman–Crippen LogP) is 5.60. The van der Waals surface area contributed by atoms with E-state index in [0.717, 1.165) is 64.2 Å². The third kappa shape index (κ3) is 4.41. The normalized spacial score (nSPS) is 36.1. The topological polar surface area (TPSA) is 38.3 Å². The highest BCUT2D eigenvalue weighted by atomic mass is 35.5. The Morgan fingerprint density at radius 2 is 1.68 bits per heavy atom. The number of halogens is 1. The summed E-state index contributed by atoms with van der Waals surface area (Å²) in [6, 6.07) is 10.6. The zero-order chi connectivity index (χ0) is 19.6. The molecule has 4 aliphatic rings. The van der Waals surface area contributed by atoms with E-state index < -0.39 is 0 Å². The van der Waals surface area contributed by atoms with Gasteiger partial charge >= 0.3 is 0 Å². The Morgan fingerprint density at radius 1 is 1.07 bits per heavy atom. The van der Waals surface area contributed by atoms with Crippen LogP contribution in [0.25, 0.3) is 0 Å². The molecule has 2 bridgehead atoms. The van der Waals surface area contributed by atoms with Crippen LogP contribution < -0.4 is 5.32 Å². The van der Waals surface area contributed by atoms with E-state index in [1.54, 1.807) is 0 Å². The molecule has 0 heterocycles. The maximum atomic E-state index is 13.1. The number of benzene rings is 1. The SMILES string of the molecule is CC(NC(=O)C12CCC(Cl)(CC1)CC2)C1CCC(OCc2ccccc2)CC1. The molecule has 0 aliphatic heterocycles. The first kappa shape index (κ1) is 20.2. The van der Waals surface area contributed by atoms with Gasteiger partial charge in [0, 0.05) is 16.3 Å². The van der Waals surface area contributed by atoms with Crippen molar-refractivity contribution in [3.63, 3.8) is 0 Å². The summed E-state index contributed by atoms with van der Waals surface area (Å²) in [7, 11) is 0. The number of hydrogen-bond donors (Lipinski definition) is 1. The lowest BCUT2D eigenvalue weighted by Gasteiger charge is -2.50. The molecule has 1 amide bonds. The summed E-state index contributed by atoms with van der Waals surface area (Å²) in [6.07, 6.45) is 10.7. The summed E-state index contributed by atoms with van der Waals surface area (Å²) in [5.74, 6) is 0.858. The fourth-order valence-corrected chi connectivity index (χ4v) is 5.79. The van der Waals surface area contributed by atoms with Crippen LogP contribution in [0.15, 0.2) is 30.3 Å². The van der Waals surface area contributed by atoms with Gasteiger partial charge in [0.25, 0.3) is 0 Å². The molecule has 28 heavy (non-hydrogen) atoms. The van der Waals surface area contributed by atoms with E-state index in [1.807, 2.05) is 6.07 Å². The first-order chi connectivity index (χ1) is 13.5. The van der Waals surface area contributed by atoms with E-state index in [1.165, 1.54) is 5.56 Å². The summed E-state index contributed by atoms with van der Waals surface area (Å²) < 4.78 is 6.12. The van der Waals surface area contributed by atoms with Crippen molar-refractivity contribution in [3.8, 4) is 0 Å². The molecule has 4 heteroatoms. The second kappa shape index (κ2) is 8.36. The molecule has 1 aromatic carbocycles. The Labute approximate surface area is 174 Å². The fourth-order valence-electron chi connectivity index (χ4n) is 5.50. The van der Waals surface area contributed by atoms with E-state index in [-0.39, 0.29) is 16.3 Å². The number of ether oxygens (including phenoxy) is 1. The van der Waals surface area contributed by atoms with E-state index in [9.17, 15) is 4.79 Å². The second-order valence-corrected chi connectivity index (χ2v) is 10.3. The molecular weight excluding hydrogens is 370 g/mol. The minimum atomic E-state index is -0.138. The molecule has 4 saturated carbocycles. The van der Waals surface area contributed by atoms with Gasteiger partial charge in [-0.1, -0.05) is 30.3 Å². The lowest BCUT2D eigenvalue weighted by Crippen LogP contribution is -2.53. The first-order valence-corrected chi connectivity index (χ1v) is 11.5. The molecule has 5 rings (SSSR count). The number of amides is 1. The average Bonchev–Trinajstić information content (AvgIpc) is 2.74. The van der Waals surface area contributed by atoms with Crippen molar-refractivity contribution < 1.29 is 9.53 Å². The van der Waals surface area contributed by atoms with Crippen molar-refractivity contribution in [1.82, 2.24) is 5.32 Å². The molecule has 154 valence electrons. The standard InChI is InChI=1S/C24H34ClNO2/c1-18(26-22(27)23-11-14-24(25,15-12-23)16-13-23)20-7-9-21(10-8-20)28-17-19-5-3-2-4-6-19/h2-6,18,20-21H,7-17H2,1H3,(H,26,27). The highest BCUT2D eigenvalue weighted by Crippen LogP contribution is 2.55.